The lowest BCUT2D eigenvalue weighted by atomic mass is 9.91. The van der Waals surface area contributed by atoms with Gasteiger partial charge in [0.15, 0.2) is 0 Å². The third-order valence-corrected chi connectivity index (χ3v) is 4.25. The number of benzene rings is 2. The summed E-state index contributed by atoms with van der Waals surface area (Å²) in [4.78, 5) is 0. The largest absolute Gasteiger partial charge is 0.496 e. The summed E-state index contributed by atoms with van der Waals surface area (Å²) >= 11 is 9.51. The van der Waals surface area contributed by atoms with E-state index in [4.69, 9.17) is 16.3 Å². The highest BCUT2D eigenvalue weighted by Gasteiger charge is 2.15. The second kappa shape index (κ2) is 7.83. The Kier molecular flexibility index (Phi) is 6.09. The van der Waals surface area contributed by atoms with Crippen molar-refractivity contribution < 1.29 is 4.74 Å². The molecule has 21 heavy (non-hydrogen) atoms. The first-order chi connectivity index (χ1) is 10.1. The standard InChI is InChI=1S/C17H19BrClNO/c1-20-11-14(12-3-6-16(19)7-4-12)9-13-10-15(18)5-8-17(13)21-2/h3-8,10,14,20H,9,11H2,1-2H3. The Hall–Kier alpha value is -1.03. The molecule has 2 aromatic rings. The van der Waals surface area contributed by atoms with Gasteiger partial charge in [-0.25, -0.2) is 0 Å². The Morgan fingerprint density at radius 1 is 1.19 bits per heavy atom. The fourth-order valence-electron chi connectivity index (χ4n) is 2.46. The Balaban J connectivity index is 2.27. The van der Waals surface area contributed by atoms with Gasteiger partial charge in [-0.15, -0.1) is 0 Å². The monoisotopic (exact) mass is 367 g/mol. The zero-order valence-electron chi connectivity index (χ0n) is 12.2. The zero-order chi connectivity index (χ0) is 15.2. The molecule has 1 N–H and O–H groups in total. The lowest BCUT2D eigenvalue weighted by Gasteiger charge is -2.19. The molecule has 1 unspecified atom stereocenters. The molecule has 112 valence electrons. The summed E-state index contributed by atoms with van der Waals surface area (Å²) in [6.45, 7) is 0.900. The van der Waals surface area contributed by atoms with Gasteiger partial charge in [0.05, 0.1) is 7.11 Å². The topological polar surface area (TPSA) is 21.3 Å². The van der Waals surface area contributed by atoms with Gasteiger partial charge < -0.3 is 10.1 Å². The first-order valence-corrected chi connectivity index (χ1v) is 8.03. The van der Waals surface area contributed by atoms with Gasteiger partial charge in [-0.1, -0.05) is 39.7 Å². The summed E-state index contributed by atoms with van der Waals surface area (Å²) < 4.78 is 6.54. The quantitative estimate of drug-likeness (QED) is 0.801. The predicted octanol–water partition coefficient (Wildman–Crippen LogP) is 4.66. The fraction of sp³-hybridized carbons (Fsp3) is 0.294. The van der Waals surface area contributed by atoms with Crippen molar-refractivity contribution in [3.63, 3.8) is 0 Å². The lowest BCUT2D eigenvalue weighted by Crippen LogP contribution is -2.19. The number of nitrogens with one attached hydrogen (secondary N) is 1. The number of likely N-dealkylation sites (N-methyl/N-ethyl adjacent to an activating group) is 1. The molecule has 0 bridgehead atoms. The molecule has 1 atom stereocenters. The van der Waals surface area contributed by atoms with E-state index >= 15 is 0 Å². The van der Waals surface area contributed by atoms with Gasteiger partial charge in [0.1, 0.15) is 5.75 Å². The van der Waals surface area contributed by atoms with Crippen molar-refractivity contribution in [1.82, 2.24) is 5.32 Å². The number of ether oxygens (including phenoxy) is 1. The maximum Gasteiger partial charge on any atom is 0.122 e. The van der Waals surface area contributed by atoms with Crippen LogP contribution in [0.3, 0.4) is 0 Å². The highest BCUT2D eigenvalue weighted by molar-refractivity contribution is 9.10. The molecule has 0 aromatic heterocycles. The van der Waals surface area contributed by atoms with Crippen LogP contribution in [-0.2, 0) is 6.42 Å². The van der Waals surface area contributed by atoms with Crippen LogP contribution >= 0.6 is 27.5 Å². The van der Waals surface area contributed by atoms with Crippen molar-refractivity contribution in [3.05, 3.63) is 63.1 Å². The van der Waals surface area contributed by atoms with Gasteiger partial charge in [-0.3, -0.25) is 0 Å². The van der Waals surface area contributed by atoms with Gasteiger partial charge in [0.25, 0.3) is 0 Å². The highest BCUT2D eigenvalue weighted by atomic mass is 79.9. The molecule has 4 heteroatoms. The molecular weight excluding hydrogens is 350 g/mol. The van der Waals surface area contributed by atoms with Gasteiger partial charge in [-0.2, -0.15) is 0 Å². The molecule has 0 saturated carbocycles. The van der Waals surface area contributed by atoms with Crippen LogP contribution in [0.2, 0.25) is 5.02 Å². The normalized spacial score (nSPS) is 12.2. The Morgan fingerprint density at radius 3 is 2.52 bits per heavy atom. The Bertz CT molecular complexity index is 586. The molecule has 0 radical (unpaired) electrons. The fourth-order valence-corrected chi connectivity index (χ4v) is 3.00. The molecule has 0 heterocycles. The molecule has 0 aliphatic carbocycles. The van der Waals surface area contributed by atoms with E-state index in [2.05, 4.69) is 39.4 Å². The summed E-state index contributed by atoms with van der Waals surface area (Å²) in [6, 6.07) is 14.2. The molecule has 0 amide bonds. The van der Waals surface area contributed by atoms with Gasteiger partial charge in [0, 0.05) is 22.0 Å². The predicted molar refractivity (Wildman–Crippen MR) is 92.5 cm³/mol. The molecular formula is C17H19BrClNO. The minimum Gasteiger partial charge on any atom is -0.496 e. The van der Waals surface area contributed by atoms with E-state index in [0.717, 1.165) is 28.2 Å². The number of hydrogen-bond donors (Lipinski definition) is 1. The minimum absolute atomic E-state index is 0.371. The van der Waals surface area contributed by atoms with Crippen LogP contribution in [0, 0.1) is 0 Å². The van der Waals surface area contributed by atoms with Crippen molar-refractivity contribution in [3.8, 4) is 5.75 Å². The van der Waals surface area contributed by atoms with Gasteiger partial charge >= 0.3 is 0 Å². The van der Waals surface area contributed by atoms with Crippen molar-refractivity contribution >= 4 is 27.5 Å². The average molecular weight is 369 g/mol. The number of hydrogen-bond acceptors (Lipinski definition) is 2. The van der Waals surface area contributed by atoms with E-state index in [1.807, 2.05) is 31.3 Å². The van der Waals surface area contributed by atoms with Crippen molar-refractivity contribution in [2.45, 2.75) is 12.3 Å². The van der Waals surface area contributed by atoms with Gasteiger partial charge in [0.2, 0.25) is 0 Å². The molecule has 0 fully saturated rings. The molecule has 0 spiro atoms. The van der Waals surface area contributed by atoms with E-state index < -0.39 is 0 Å². The molecule has 2 nitrogen and oxygen atoms in total. The zero-order valence-corrected chi connectivity index (χ0v) is 14.5. The van der Waals surface area contributed by atoms with Crippen molar-refractivity contribution in [1.29, 1.82) is 0 Å². The van der Waals surface area contributed by atoms with E-state index in [9.17, 15) is 0 Å². The summed E-state index contributed by atoms with van der Waals surface area (Å²) in [7, 11) is 3.68. The van der Waals surface area contributed by atoms with E-state index in [1.165, 1.54) is 11.1 Å². The molecule has 2 rings (SSSR count). The van der Waals surface area contributed by atoms with Crippen LogP contribution < -0.4 is 10.1 Å². The van der Waals surface area contributed by atoms with Crippen LogP contribution in [0.1, 0.15) is 17.0 Å². The van der Waals surface area contributed by atoms with E-state index in [1.54, 1.807) is 7.11 Å². The lowest BCUT2D eigenvalue weighted by molar-refractivity contribution is 0.407. The molecule has 2 aromatic carbocycles. The second-order valence-electron chi connectivity index (χ2n) is 4.97. The van der Waals surface area contributed by atoms with Gasteiger partial charge in [-0.05, 0) is 54.9 Å². The van der Waals surface area contributed by atoms with Crippen molar-refractivity contribution in [2.24, 2.45) is 0 Å². The van der Waals surface area contributed by atoms with Crippen LogP contribution in [0.5, 0.6) is 5.75 Å². The summed E-state index contributed by atoms with van der Waals surface area (Å²) in [5.41, 5.74) is 2.47. The van der Waals surface area contributed by atoms with E-state index in [-0.39, 0.29) is 0 Å². The second-order valence-corrected chi connectivity index (χ2v) is 6.32. The van der Waals surface area contributed by atoms with Crippen LogP contribution in [0.15, 0.2) is 46.9 Å². The molecule has 0 saturated heterocycles. The first kappa shape index (κ1) is 16.3. The van der Waals surface area contributed by atoms with Crippen LogP contribution in [-0.4, -0.2) is 20.7 Å². The average Bonchev–Trinajstić information content (AvgIpc) is 2.48. The summed E-state index contributed by atoms with van der Waals surface area (Å²) in [5, 5.41) is 4.03. The van der Waals surface area contributed by atoms with E-state index in [0.29, 0.717) is 5.92 Å². The SMILES string of the molecule is CNCC(Cc1cc(Br)ccc1OC)c1ccc(Cl)cc1. The minimum atomic E-state index is 0.371. The van der Waals surface area contributed by atoms with Crippen LogP contribution in [0.4, 0.5) is 0 Å². The summed E-state index contributed by atoms with van der Waals surface area (Å²) in [5.74, 6) is 1.30. The Morgan fingerprint density at radius 2 is 1.90 bits per heavy atom. The summed E-state index contributed by atoms with van der Waals surface area (Å²) in [6.07, 6.45) is 0.908. The third kappa shape index (κ3) is 4.47. The highest BCUT2D eigenvalue weighted by Crippen LogP contribution is 2.29. The first-order valence-electron chi connectivity index (χ1n) is 6.86. The third-order valence-electron chi connectivity index (χ3n) is 3.50. The van der Waals surface area contributed by atoms with Crippen molar-refractivity contribution in [2.75, 3.05) is 20.7 Å². The van der Waals surface area contributed by atoms with Crippen LogP contribution in [0.25, 0.3) is 0 Å². The maximum atomic E-state index is 5.98. The smallest absolute Gasteiger partial charge is 0.122 e. The maximum absolute atomic E-state index is 5.98. The Labute approximate surface area is 139 Å². The molecule has 0 aliphatic rings. The number of halogens is 2. The number of rotatable bonds is 6. The number of methoxy groups -OCH3 is 1. The molecule has 0 aliphatic heterocycles.